The lowest BCUT2D eigenvalue weighted by molar-refractivity contribution is -0.144. The summed E-state index contributed by atoms with van der Waals surface area (Å²) < 4.78 is 47.4. The second kappa shape index (κ2) is 28.1. The van der Waals surface area contributed by atoms with Gasteiger partial charge in [-0.2, -0.15) is 0 Å². The molecule has 32 heavy (non-hydrogen) atoms. The first-order valence-corrected chi connectivity index (χ1v) is 11.2. The Labute approximate surface area is 191 Å². The molecule has 0 saturated carbocycles. The van der Waals surface area contributed by atoms with Crippen LogP contribution in [-0.2, 0) is 47.4 Å². The highest BCUT2D eigenvalue weighted by Crippen LogP contribution is 1.89. The monoisotopic (exact) mass is 470 g/mol. The van der Waals surface area contributed by atoms with Gasteiger partial charge in [-0.3, -0.25) is 4.79 Å². The van der Waals surface area contributed by atoms with Gasteiger partial charge in [-0.15, -0.1) is 0 Å². The van der Waals surface area contributed by atoms with E-state index in [1.807, 2.05) is 0 Å². The van der Waals surface area contributed by atoms with Crippen molar-refractivity contribution in [2.75, 3.05) is 119 Å². The summed E-state index contributed by atoms with van der Waals surface area (Å²) in [5, 5.41) is 8.54. The number of carbonyl (C=O) groups is 1. The summed E-state index contributed by atoms with van der Waals surface area (Å²) in [7, 11) is 0. The fraction of sp³-hybridized carbons (Fsp3) is 0.952. The van der Waals surface area contributed by atoms with Crippen LogP contribution in [0.4, 0.5) is 0 Å². The summed E-state index contributed by atoms with van der Waals surface area (Å²) in [5.41, 5.74) is 0. The van der Waals surface area contributed by atoms with Crippen LogP contribution in [0.2, 0.25) is 0 Å². The first-order valence-electron chi connectivity index (χ1n) is 11.2. The van der Waals surface area contributed by atoms with E-state index >= 15 is 0 Å². The van der Waals surface area contributed by atoms with E-state index in [0.717, 1.165) is 0 Å². The molecule has 1 N–H and O–H groups in total. The lowest BCUT2D eigenvalue weighted by atomic mass is 10.5. The van der Waals surface area contributed by atoms with E-state index in [4.69, 9.17) is 47.7 Å². The maximum absolute atomic E-state index is 11.1. The molecule has 0 saturated heterocycles. The lowest BCUT2D eigenvalue weighted by Gasteiger charge is -2.08. The van der Waals surface area contributed by atoms with Gasteiger partial charge in [0.2, 0.25) is 0 Å². The number of hydrogen-bond donors (Lipinski definition) is 1. The Kier molecular flexibility index (Phi) is 27.4. The molecule has 192 valence electrons. The van der Waals surface area contributed by atoms with Gasteiger partial charge < -0.3 is 47.7 Å². The van der Waals surface area contributed by atoms with E-state index in [9.17, 15) is 4.79 Å². The quantitative estimate of drug-likeness (QED) is 0.130. The third-order valence-electron chi connectivity index (χ3n) is 3.60. The molecule has 0 aromatic heterocycles. The van der Waals surface area contributed by atoms with Crippen LogP contribution in [-0.4, -0.2) is 130 Å². The summed E-state index contributed by atoms with van der Waals surface area (Å²) in [6, 6.07) is 0. The molecule has 0 aliphatic heterocycles. The normalized spacial score (nSPS) is 11.2. The van der Waals surface area contributed by atoms with Crippen LogP contribution in [0.15, 0.2) is 0 Å². The highest BCUT2D eigenvalue weighted by molar-refractivity contribution is 5.69. The van der Waals surface area contributed by atoms with Crippen LogP contribution in [0, 0.1) is 0 Å². The van der Waals surface area contributed by atoms with E-state index in [2.05, 4.69) is 0 Å². The third kappa shape index (κ3) is 27.1. The number of esters is 1. The second-order valence-electron chi connectivity index (χ2n) is 6.18. The van der Waals surface area contributed by atoms with Crippen molar-refractivity contribution in [3.63, 3.8) is 0 Å². The van der Waals surface area contributed by atoms with Crippen molar-refractivity contribution in [2.45, 2.75) is 13.3 Å². The number of rotatable bonds is 27. The highest BCUT2D eigenvalue weighted by Gasteiger charge is 2.00. The number of hydrogen-bond acceptors (Lipinski definition) is 11. The minimum Gasteiger partial charge on any atom is -0.466 e. The fourth-order valence-electron chi connectivity index (χ4n) is 2.09. The predicted octanol–water partition coefficient (Wildman–Crippen LogP) is 0.0647. The smallest absolute Gasteiger partial charge is 0.308 e. The lowest BCUT2D eigenvalue weighted by Crippen LogP contribution is -2.15. The van der Waals surface area contributed by atoms with Crippen LogP contribution < -0.4 is 0 Å². The topological polar surface area (TPSA) is 120 Å². The molecule has 0 fully saturated rings. The Morgan fingerprint density at radius 2 is 0.781 bits per heavy atom. The summed E-state index contributed by atoms with van der Waals surface area (Å²) in [6.07, 6.45) is 0.259. The summed E-state index contributed by atoms with van der Waals surface area (Å²) in [5.74, 6) is -0.250. The average Bonchev–Trinajstić information content (AvgIpc) is 2.79. The van der Waals surface area contributed by atoms with Gasteiger partial charge in [0.25, 0.3) is 0 Å². The van der Waals surface area contributed by atoms with E-state index in [-0.39, 0.29) is 19.0 Å². The zero-order valence-corrected chi connectivity index (χ0v) is 19.5. The van der Waals surface area contributed by atoms with Crippen molar-refractivity contribution in [1.29, 1.82) is 0 Å². The van der Waals surface area contributed by atoms with Crippen LogP contribution in [0.5, 0.6) is 0 Å². The standard InChI is InChI=1S/C21H42O11/c1-2-32-21(23)3-5-24-7-9-26-11-13-28-15-17-30-19-20-31-18-16-29-14-12-27-10-8-25-6-4-22/h22H,2-20H2,1H3. The molecule has 0 aliphatic carbocycles. The second-order valence-corrected chi connectivity index (χ2v) is 6.18. The molecule has 0 unspecified atom stereocenters. The Hall–Kier alpha value is -0.890. The van der Waals surface area contributed by atoms with Gasteiger partial charge in [0.05, 0.1) is 125 Å². The third-order valence-corrected chi connectivity index (χ3v) is 3.60. The zero-order chi connectivity index (χ0) is 23.4. The van der Waals surface area contributed by atoms with Crippen molar-refractivity contribution in [1.82, 2.24) is 0 Å². The number of ether oxygens (including phenoxy) is 9. The predicted molar refractivity (Wildman–Crippen MR) is 115 cm³/mol. The average molecular weight is 471 g/mol. The van der Waals surface area contributed by atoms with Gasteiger partial charge in [0, 0.05) is 0 Å². The van der Waals surface area contributed by atoms with E-state index in [0.29, 0.717) is 112 Å². The zero-order valence-electron chi connectivity index (χ0n) is 19.5. The molecule has 0 aromatic rings. The van der Waals surface area contributed by atoms with Gasteiger partial charge >= 0.3 is 5.97 Å². The Balaban J connectivity index is 3.03. The molecular weight excluding hydrogens is 428 g/mol. The Bertz CT molecular complexity index is 372. The molecule has 0 spiro atoms. The van der Waals surface area contributed by atoms with E-state index < -0.39 is 0 Å². The molecule has 0 aromatic carbocycles. The van der Waals surface area contributed by atoms with Crippen molar-refractivity contribution in [3.8, 4) is 0 Å². The molecular formula is C21H42O11. The van der Waals surface area contributed by atoms with Gasteiger partial charge in [-0.05, 0) is 6.92 Å². The van der Waals surface area contributed by atoms with Gasteiger partial charge in [0.1, 0.15) is 0 Å². The minimum absolute atomic E-state index is 0.0252. The maximum atomic E-state index is 11.1. The number of carbonyl (C=O) groups excluding carboxylic acids is 1. The molecule has 0 bridgehead atoms. The molecule has 11 nitrogen and oxygen atoms in total. The molecule has 0 radical (unpaired) electrons. The molecule has 0 atom stereocenters. The molecule has 0 amide bonds. The largest absolute Gasteiger partial charge is 0.466 e. The molecule has 11 heteroatoms. The fourth-order valence-corrected chi connectivity index (χ4v) is 2.09. The molecule has 0 heterocycles. The van der Waals surface area contributed by atoms with Crippen LogP contribution in [0.1, 0.15) is 13.3 Å². The molecule has 0 rings (SSSR count). The number of aliphatic hydroxyl groups is 1. The minimum atomic E-state index is -0.250. The van der Waals surface area contributed by atoms with Gasteiger partial charge in [-0.25, -0.2) is 0 Å². The van der Waals surface area contributed by atoms with Crippen molar-refractivity contribution in [3.05, 3.63) is 0 Å². The first-order chi connectivity index (χ1) is 15.8. The SMILES string of the molecule is CCOC(=O)CCOCCOCCOCCOCCOCCOCCOCCOCCO. The molecule has 0 aliphatic rings. The first kappa shape index (κ1) is 31.1. The maximum Gasteiger partial charge on any atom is 0.308 e. The van der Waals surface area contributed by atoms with Crippen molar-refractivity contribution < 1.29 is 52.5 Å². The van der Waals surface area contributed by atoms with Crippen molar-refractivity contribution >= 4 is 5.97 Å². The van der Waals surface area contributed by atoms with Gasteiger partial charge in [-0.1, -0.05) is 0 Å². The Morgan fingerprint density at radius 1 is 0.500 bits per heavy atom. The Morgan fingerprint density at radius 3 is 1.06 bits per heavy atom. The van der Waals surface area contributed by atoms with E-state index in [1.54, 1.807) is 6.92 Å². The number of aliphatic hydroxyl groups excluding tert-OH is 1. The summed E-state index contributed by atoms with van der Waals surface area (Å²) >= 11 is 0. The summed E-state index contributed by atoms with van der Waals surface area (Å²) in [4.78, 5) is 11.1. The van der Waals surface area contributed by atoms with Gasteiger partial charge in [0.15, 0.2) is 0 Å². The summed E-state index contributed by atoms with van der Waals surface area (Å²) in [6.45, 7) is 9.68. The van der Waals surface area contributed by atoms with Crippen LogP contribution >= 0.6 is 0 Å². The van der Waals surface area contributed by atoms with Crippen LogP contribution in [0.25, 0.3) is 0 Å². The van der Waals surface area contributed by atoms with Crippen molar-refractivity contribution in [2.24, 2.45) is 0 Å². The van der Waals surface area contributed by atoms with E-state index in [1.165, 1.54) is 0 Å². The van der Waals surface area contributed by atoms with Crippen LogP contribution in [0.3, 0.4) is 0 Å². The highest BCUT2D eigenvalue weighted by atomic mass is 16.6.